The zero-order valence-electron chi connectivity index (χ0n) is 21.6. The van der Waals surface area contributed by atoms with Crippen molar-refractivity contribution < 1.29 is 9.94 Å². The molecule has 0 saturated heterocycles. The Hall–Kier alpha value is -1.13. The summed E-state index contributed by atoms with van der Waals surface area (Å²) in [5, 5.41) is 14.7. The molecule has 33 heavy (non-hydrogen) atoms. The Morgan fingerprint density at radius 3 is 2.64 bits per heavy atom. The Morgan fingerprint density at radius 1 is 0.970 bits per heavy atom. The van der Waals surface area contributed by atoms with Gasteiger partial charge in [-0.25, -0.2) is 0 Å². The number of aliphatic hydroxyl groups is 1. The first kappa shape index (κ1) is 25.0. The fraction of sp³-hybridized carbons (Fsp3) is 0.828. The summed E-state index contributed by atoms with van der Waals surface area (Å²) in [7, 11) is 4.14. The highest BCUT2D eigenvalue weighted by Crippen LogP contribution is 2.70. The Bertz CT molecular complexity index is 746. The van der Waals surface area contributed by atoms with Crippen LogP contribution in [0.2, 0.25) is 0 Å². The second-order valence-electron chi connectivity index (χ2n) is 12.5. The van der Waals surface area contributed by atoms with Gasteiger partial charge < -0.3 is 14.8 Å². The van der Waals surface area contributed by atoms with Crippen LogP contribution in [0.25, 0.3) is 0 Å². The summed E-state index contributed by atoms with van der Waals surface area (Å²) >= 11 is 0. The smallest absolute Gasteiger partial charge is 0.118 e. The van der Waals surface area contributed by atoms with E-state index in [1.165, 1.54) is 51.4 Å². The van der Waals surface area contributed by atoms with E-state index < -0.39 is 0 Å². The van der Waals surface area contributed by atoms with Gasteiger partial charge in [-0.2, -0.15) is 0 Å². The number of aliphatic hydroxyl groups excluding tert-OH is 1. The van der Waals surface area contributed by atoms with Gasteiger partial charge in [-0.3, -0.25) is 0 Å². The van der Waals surface area contributed by atoms with E-state index in [-0.39, 0.29) is 11.5 Å². The summed E-state index contributed by atoms with van der Waals surface area (Å²) < 4.78 is 0. The van der Waals surface area contributed by atoms with Crippen LogP contribution in [-0.4, -0.2) is 49.6 Å². The third-order valence-corrected chi connectivity index (χ3v) is 10.4. The lowest BCUT2D eigenvalue weighted by Gasteiger charge is -2.65. The SMILES string of the molecule is CN(C)CCCO/N=C/C=C/C=C/[C@]12CC[C@H]3[C@@H]4CCC[C@@]4(C)CC[C@@H]3[C@@]1(C)CC[C@H](O)C2. The fourth-order valence-electron chi connectivity index (χ4n) is 8.58. The van der Waals surface area contributed by atoms with Gasteiger partial charge in [0.1, 0.15) is 6.61 Å². The highest BCUT2D eigenvalue weighted by Gasteiger charge is 2.62. The van der Waals surface area contributed by atoms with Crippen molar-refractivity contribution in [3.63, 3.8) is 0 Å². The number of rotatable bonds is 8. The maximum absolute atomic E-state index is 10.7. The lowest BCUT2D eigenvalue weighted by atomic mass is 9.40. The Kier molecular flexibility index (Phi) is 7.75. The Morgan fingerprint density at radius 2 is 1.82 bits per heavy atom. The second kappa shape index (κ2) is 10.2. The van der Waals surface area contributed by atoms with Crippen LogP contribution >= 0.6 is 0 Å². The first-order chi connectivity index (χ1) is 15.8. The minimum Gasteiger partial charge on any atom is -0.396 e. The number of hydrogen-bond donors (Lipinski definition) is 1. The van der Waals surface area contributed by atoms with E-state index in [1.807, 2.05) is 6.08 Å². The third kappa shape index (κ3) is 4.98. The molecule has 4 nitrogen and oxygen atoms in total. The van der Waals surface area contributed by atoms with Crippen LogP contribution in [0.3, 0.4) is 0 Å². The lowest BCUT2D eigenvalue weighted by molar-refractivity contribution is -0.153. The van der Waals surface area contributed by atoms with Crippen LogP contribution < -0.4 is 0 Å². The van der Waals surface area contributed by atoms with Crippen molar-refractivity contribution in [3.05, 3.63) is 24.3 Å². The maximum Gasteiger partial charge on any atom is 0.118 e. The molecule has 0 unspecified atom stereocenters. The van der Waals surface area contributed by atoms with E-state index in [0.717, 1.165) is 43.6 Å². The molecule has 0 amide bonds. The molecule has 0 radical (unpaired) electrons. The predicted molar refractivity (Wildman–Crippen MR) is 137 cm³/mol. The van der Waals surface area contributed by atoms with E-state index in [0.29, 0.717) is 17.4 Å². The van der Waals surface area contributed by atoms with Crippen LogP contribution in [-0.2, 0) is 4.84 Å². The average Bonchev–Trinajstić information content (AvgIpc) is 3.17. The summed E-state index contributed by atoms with van der Waals surface area (Å²) in [5.74, 6) is 2.66. The summed E-state index contributed by atoms with van der Waals surface area (Å²) in [6.45, 7) is 6.85. The third-order valence-electron chi connectivity index (χ3n) is 10.4. The quantitative estimate of drug-likeness (QED) is 0.204. The lowest BCUT2D eigenvalue weighted by Crippen LogP contribution is -2.58. The van der Waals surface area contributed by atoms with Gasteiger partial charge in [0.05, 0.1) is 12.3 Å². The van der Waals surface area contributed by atoms with Gasteiger partial charge >= 0.3 is 0 Å². The molecule has 4 rings (SSSR count). The molecule has 0 aromatic heterocycles. The van der Waals surface area contributed by atoms with Gasteiger partial charge in [-0.05, 0) is 118 Å². The molecule has 4 fully saturated rings. The maximum atomic E-state index is 10.7. The van der Waals surface area contributed by atoms with Crippen molar-refractivity contribution in [2.45, 2.75) is 90.6 Å². The van der Waals surface area contributed by atoms with Crippen LogP contribution in [0.15, 0.2) is 29.5 Å². The highest BCUT2D eigenvalue weighted by atomic mass is 16.6. The molecule has 4 heteroatoms. The van der Waals surface area contributed by atoms with E-state index >= 15 is 0 Å². The minimum absolute atomic E-state index is 0.127. The molecule has 4 saturated carbocycles. The van der Waals surface area contributed by atoms with Crippen LogP contribution in [0, 0.1) is 34.0 Å². The zero-order valence-corrected chi connectivity index (χ0v) is 21.6. The van der Waals surface area contributed by atoms with Gasteiger partial charge in [-0.1, -0.05) is 43.7 Å². The first-order valence-electron chi connectivity index (χ1n) is 13.6. The molecular formula is C29H48N2O2. The second-order valence-corrected chi connectivity index (χ2v) is 12.5. The monoisotopic (exact) mass is 456 g/mol. The molecular weight excluding hydrogens is 408 g/mol. The predicted octanol–water partition coefficient (Wildman–Crippen LogP) is 6.22. The molecule has 4 aliphatic rings. The van der Waals surface area contributed by atoms with Crippen LogP contribution in [0.4, 0.5) is 0 Å². The minimum atomic E-state index is -0.152. The van der Waals surface area contributed by atoms with Gasteiger partial charge in [0.15, 0.2) is 0 Å². The average molecular weight is 457 g/mol. The normalized spacial score (nSPS) is 43.3. The number of oxime groups is 1. The molecule has 4 aliphatic carbocycles. The van der Waals surface area contributed by atoms with Crippen molar-refractivity contribution >= 4 is 6.21 Å². The van der Waals surface area contributed by atoms with Crippen molar-refractivity contribution in [1.82, 2.24) is 4.90 Å². The number of fused-ring (bicyclic) bond motifs is 5. The molecule has 7 atom stereocenters. The number of nitrogens with zero attached hydrogens (tertiary/aromatic N) is 2. The largest absolute Gasteiger partial charge is 0.396 e. The van der Waals surface area contributed by atoms with E-state index in [2.05, 4.69) is 56.2 Å². The molecule has 186 valence electrons. The van der Waals surface area contributed by atoms with Gasteiger partial charge in [0, 0.05) is 6.54 Å². The van der Waals surface area contributed by atoms with Crippen molar-refractivity contribution in [2.24, 2.45) is 39.2 Å². The molecule has 1 N–H and O–H groups in total. The standard InChI is InChI=1S/C29H48N2O2/c1-27-14-8-10-25(27)24-12-18-29(15-6-5-7-19-30-33-21-9-20-31(3)4)22-23(32)11-17-28(29,2)26(24)13-16-27/h5-7,15,19,23-26,32H,8-14,16-18,20-22H2,1-4H3/b7-5+,15-6+,30-19+/t23-,24-,25-,26-,27-,28+,29+/m0/s1. The number of allylic oxidation sites excluding steroid dienone is 4. The molecule has 0 aromatic rings. The van der Waals surface area contributed by atoms with Gasteiger partial charge in [-0.15, -0.1) is 0 Å². The molecule has 0 aliphatic heterocycles. The van der Waals surface area contributed by atoms with E-state index in [1.54, 1.807) is 6.21 Å². The van der Waals surface area contributed by atoms with Crippen molar-refractivity contribution in [2.75, 3.05) is 27.2 Å². The first-order valence-corrected chi connectivity index (χ1v) is 13.6. The summed E-state index contributed by atoms with van der Waals surface area (Å²) in [4.78, 5) is 7.48. The molecule has 0 bridgehead atoms. The topological polar surface area (TPSA) is 45.1 Å². The van der Waals surface area contributed by atoms with Crippen LogP contribution in [0.5, 0.6) is 0 Å². The van der Waals surface area contributed by atoms with Crippen molar-refractivity contribution in [3.8, 4) is 0 Å². The van der Waals surface area contributed by atoms with Crippen molar-refractivity contribution in [1.29, 1.82) is 0 Å². The summed E-state index contributed by atoms with van der Waals surface area (Å²) in [6.07, 6.45) is 24.2. The van der Waals surface area contributed by atoms with E-state index in [4.69, 9.17) is 4.84 Å². The fourth-order valence-corrected chi connectivity index (χ4v) is 8.58. The Balaban J connectivity index is 1.41. The summed E-state index contributed by atoms with van der Waals surface area (Å²) in [5.41, 5.74) is 1.05. The van der Waals surface area contributed by atoms with Crippen LogP contribution in [0.1, 0.15) is 84.5 Å². The van der Waals surface area contributed by atoms with Gasteiger partial charge in [0.2, 0.25) is 0 Å². The molecule has 0 aromatic carbocycles. The van der Waals surface area contributed by atoms with E-state index in [9.17, 15) is 5.11 Å². The molecule has 0 heterocycles. The Labute approximate surface area is 202 Å². The van der Waals surface area contributed by atoms with Gasteiger partial charge in [0.25, 0.3) is 0 Å². The number of hydrogen-bond acceptors (Lipinski definition) is 4. The molecule has 0 spiro atoms. The highest BCUT2D eigenvalue weighted by molar-refractivity contribution is 5.70. The zero-order chi connectivity index (χ0) is 23.5. The summed E-state index contributed by atoms with van der Waals surface area (Å²) in [6, 6.07) is 0.